The summed E-state index contributed by atoms with van der Waals surface area (Å²) in [6, 6.07) is 10.3. The minimum absolute atomic E-state index is 0.0343. The summed E-state index contributed by atoms with van der Waals surface area (Å²) in [7, 11) is 0. The molecule has 2 aromatic heterocycles. The second-order valence-electron chi connectivity index (χ2n) is 10.7. The van der Waals surface area contributed by atoms with Gasteiger partial charge in [-0.25, -0.2) is 14.2 Å². The van der Waals surface area contributed by atoms with Crippen molar-refractivity contribution in [3.05, 3.63) is 83.0 Å². The number of nitrogens with two attached hydrogens (primary N) is 1. The van der Waals surface area contributed by atoms with Crippen molar-refractivity contribution < 1.29 is 14.0 Å². The minimum Gasteiger partial charge on any atom is -0.322 e. The van der Waals surface area contributed by atoms with Crippen LogP contribution in [0.3, 0.4) is 0 Å². The number of hydrogen-bond donors (Lipinski definition) is 3. The molecule has 2 aliphatic rings. The van der Waals surface area contributed by atoms with Gasteiger partial charge in [0.25, 0.3) is 0 Å². The third-order valence-corrected chi connectivity index (χ3v) is 7.84. The first-order chi connectivity index (χ1) is 18.7. The number of amides is 3. The van der Waals surface area contributed by atoms with Crippen molar-refractivity contribution in [2.24, 2.45) is 17.6 Å². The SMILES string of the molecule is CC1CC(C(=O)Nc2cc(C(N)(CCC3CC3)c3ccncc3)ccc2F)N(C(=O)Nc2ccc(Cl)cn2)C1. The maximum Gasteiger partial charge on any atom is 0.323 e. The summed E-state index contributed by atoms with van der Waals surface area (Å²) in [5, 5.41) is 5.89. The number of rotatable bonds is 8. The number of hydrogen-bond acceptors (Lipinski definition) is 5. The highest BCUT2D eigenvalue weighted by Gasteiger charge is 2.39. The molecule has 10 heteroatoms. The van der Waals surface area contributed by atoms with E-state index in [0.717, 1.165) is 12.0 Å². The molecular formula is C29H32ClFN6O2. The Kier molecular flexibility index (Phi) is 7.81. The van der Waals surface area contributed by atoms with Crippen LogP contribution in [0.2, 0.25) is 5.02 Å². The summed E-state index contributed by atoms with van der Waals surface area (Å²) >= 11 is 5.88. The molecule has 4 N–H and O–H groups in total. The maximum absolute atomic E-state index is 15.0. The van der Waals surface area contributed by atoms with Crippen LogP contribution in [0, 0.1) is 17.7 Å². The molecule has 1 saturated carbocycles. The Morgan fingerprint density at radius 3 is 2.59 bits per heavy atom. The summed E-state index contributed by atoms with van der Waals surface area (Å²) in [5.41, 5.74) is 7.77. The van der Waals surface area contributed by atoms with Crippen molar-refractivity contribution in [3.63, 3.8) is 0 Å². The normalized spacial score (nSPS) is 20.4. The van der Waals surface area contributed by atoms with Gasteiger partial charge in [-0.2, -0.15) is 0 Å². The standard InChI is InChI=1S/C29H32ClFN6O2/c1-18-14-25(37(17-18)28(39)36-26-7-5-22(30)16-34-26)27(38)35-24-15-21(4-6-23(24)31)29(32,11-8-19-2-3-19)20-9-12-33-13-10-20/h4-7,9-10,12-13,15-16,18-19,25H,2-3,8,11,14,17,32H2,1H3,(H,35,38)(H,34,36,39). The van der Waals surface area contributed by atoms with Crippen LogP contribution in [0.1, 0.15) is 50.2 Å². The number of urea groups is 1. The summed E-state index contributed by atoms with van der Waals surface area (Å²) in [4.78, 5) is 36.1. The van der Waals surface area contributed by atoms with Crippen LogP contribution in [0.15, 0.2) is 61.1 Å². The molecule has 3 atom stereocenters. The van der Waals surface area contributed by atoms with Crippen LogP contribution >= 0.6 is 11.6 Å². The van der Waals surface area contributed by atoms with Gasteiger partial charge < -0.3 is 16.0 Å². The third-order valence-electron chi connectivity index (χ3n) is 7.61. The fourth-order valence-electron chi connectivity index (χ4n) is 5.21. The summed E-state index contributed by atoms with van der Waals surface area (Å²) < 4.78 is 15.0. The van der Waals surface area contributed by atoms with Crippen molar-refractivity contribution in [3.8, 4) is 0 Å². The predicted octanol–water partition coefficient (Wildman–Crippen LogP) is 5.54. The van der Waals surface area contributed by atoms with Crippen LogP contribution in [0.5, 0.6) is 0 Å². The lowest BCUT2D eigenvalue weighted by molar-refractivity contribution is -0.119. The highest BCUT2D eigenvalue weighted by molar-refractivity contribution is 6.30. The van der Waals surface area contributed by atoms with Gasteiger partial charge in [0.05, 0.1) is 16.2 Å². The largest absolute Gasteiger partial charge is 0.323 e. The summed E-state index contributed by atoms with van der Waals surface area (Å²) in [6.07, 6.45) is 9.33. The quantitative estimate of drug-likeness (QED) is 0.341. The van der Waals surface area contributed by atoms with Crippen molar-refractivity contribution in [1.82, 2.24) is 14.9 Å². The highest BCUT2D eigenvalue weighted by Crippen LogP contribution is 2.40. The van der Waals surface area contributed by atoms with Gasteiger partial charge in [0.1, 0.15) is 17.7 Å². The summed E-state index contributed by atoms with van der Waals surface area (Å²) in [5.74, 6) is 0.0481. The van der Waals surface area contributed by atoms with Gasteiger partial charge >= 0.3 is 6.03 Å². The van der Waals surface area contributed by atoms with E-state index in [1.54, 1.807) is 36.7 Å². The molecule has 0 radical (unpaired) electrons. The number of pyridine rings is 2. The van der Waals surface area contributed by atoms with Gasteiger partial charge in [-0.05, 0) is 78.6 Å². The molecule has 5 rings (SSSR count). The zero-order valence-electron chi connectivity index (χ0n) is 21.7. The lowest BCUT2D eigenvalue weighted by Gasteiger charge is -2.31. The topological polar surface area (TPSA) is 113 Å². The first-order valence-electron chi connectivity index (χ1n) is 13.2. The smallest absolute Gasteiger partial charge is 0.322 e. The second kappa shape index (κ2) is 11.3. The molecule has 0 bridgehead atoms. The van der Waals surface area contributed by atoms with E-state index in [0.29, 0.717) is 41.7 Å². The van der Waals surface area contributed by atoms with Crippen LogP contribution in [0.25, 0.3) is 0 Å². The average Bonchev–Trinajstić information content (AvgIpc) is 3.69. The number of halogens is 2. The van der Waals surface area contributed by atoms with Crippen LogP contribution in [0.4, 0.5) is 20.7 Å². The highest BCUT2D eigenvalue weighted by atomic mass is 35.5. The van der Waals surface area contributed by atoms with Crippen molar-refractivity contribution in [2.75, 3.05) is 17.2 Å². The zero-order valence-corrected chi connectivity index (χ0v) is 22.5. The van der Waals surface area contributed by atoms with Gasteiger partial charge in [-0.15, -0.1) is 0 Å². The van der Waals surface area contributed by atoms with E-state index >= 15 is 4.39 Å². The van der Waals surface area contributed by atoms with E-state index in [9.17, 15) is 9.59 Å². The lowest BCUT2D eigenvalue weighted by atomic mass is 9.79. The number of likely N-dealkylation sites (tertiary alicyclic amines) is 1. The molecule has 2 fully saturated rings. The number of nitrogens with zero attached hydrogens (tertiary/aromatic N) is 3. The third kappa shape index (κ3) is 6.20. The molecule has 3 amide bonds. The number of nitrogens with one attached hydrogen (secondary N) is 2. The molecule has 8 nitrogen and oxygen atoms in total. The molecule has 1 saturated heterocycles. The molecule has 1 aromatic carbocycles. The zero-order chi connectivity index (χ0) is 27.6. The van der Waals surface area contributed by atoms with Gasteiger partial charge in [-0.3, -0.25) is 15.1 Å². The molecular weight excluding hydrogens is 519 g/mol. The molecule has 3 heterocycles. The fourth-order valence-corrected chi connectivity index (χ4v) is 5.32. The van der Waals surface area contributed by atoms with Gasteiger partial charge in [0.15, 0.2) is 0 Å². The van der Waals surface area contributed by atoms with Crippen molar-refractivity contribution >= 4 is 35.0 Å². The van der Waals surface area contributed by atoms with Crippen LogP contribution in [-0.4, -0.2) is 39.4 Å². The molecule has 1 aliphatic heterocycles. The minimum atomic E-state index is -0.863. The Balaban J connectivity index is 1.36. The van der Waals surface area contributed by atoms with Crippen LogP contribution < -0.4 is 16.4 Å². The van der Waals surface area contributed by atoms with Crippen molar-refractivity contribution in [2.45, 2.75) is 50.6 Å². The molecule has 3 unspecified atom stereocenters. The summed E-state index contributed by atoms with van der Waals surface area (Å²) in [6.45, 7) is 2.35. The van der Waals surface area contributed by atoms with E-state index in [-0.39, 0.29) is 11.6 Å². The number of aromatic nitrogens is 2. The number of anilines is 2. The van der Waals surface area contributed by atoms with E-state index in [4.69, 9.17) is 17.3 Å². The molecule has 3 aromatic rings. The van der Waals surface area contributed by atoms with Gasteiger partial charge in [0, 0.05) is 25.1 Å². The first-order valence-corrected chi connectivity index (χ1v) is 13.6. The number of benzene rings is 1. The monoisotopic (exact) mass is 550 g/mol. The first kappa shape index (κ1) is 27.0. The molecule has 1 aliphatic carbocycles. The lowest BCUT2D eigenvalue weighted by Crippen LogP contribution is -2.45. The van der Waals surface area contributed by atoms with Crippen molar-refractivity contribution in [1.29, 1.82) is 0 Å². The Labute approximate surface area is 232 Å². The molecule has 204 valence electrons. The van der Waals surface area contributed by atoms with Gasteiger partial charge in [-0.1, -0.05) is 37.4 Å². The predicted molar refractivity (Wildman–Crippen MR) is 149 cm³/mol. The number of carbonyl (C=O) groups is 2. The van der Waals surface area contributed by atoms with Gasteiger partial charge in [0.2, 0.25) is 5.91 Å². The van der Waals surface area contributed by atoms with E-state index in [2.05, 4.69) is 20.6 Å². The number of carbonyl (C=O) groups excluding carboxylic acids is 2. The maximum atomic E-state index is 15.0. The fraction of sp³-hybridized carbons (Fsp3) is 0.379. The van der Waals surface area contributed by atoms with Crippen LogP contribution in [-0.2, 0) is 10.3 Å². The van der Waals surface area contributed by atoms with E-state index in [1.165, 1.54) is 30.0 Å². The molecule has 0 spiro atoms. The Morgan fingerprint density at radius 2 is 1.90 bits per heavy atom. The second-order valence-corrected chi connectivity index (χ2v) is 11.1. The van der Waals surface area contributed by atoms with E-state index in [1.807, 2.05) is 19.1 Å². The Hall–Kier alpha value is -3.56. The van der Waals surface area contributed by atoms with E-state index < -0.39 is 29.3 Å². The molecule has 39 heavy (non-hydrogen) atoms. The Bertz CT molecular complexity index is 1340. The average molecular weight is 551 g/mol. The Morgan fingerprint density at radius 1 is 1.13 bits per heavy atom.